The number of benzene rings is 1. The molecule has 0 spiro atoms. The third-order valence-corrected chi connectivity index (χ3v) is 3.84. The summed E-state index contributed by atoms with van der Waals surface area (Å²) in [4.78, 5) is 12.4. The number of nitrogens with one attached hydrogen (secondary N) is 1. The molecule has 2 aromatic rings. The Kier molecular flexibility index (Phi) is 4.96. The van der Waals surface area contributed by atoms with Gasteiger partial charge in [-0.1, -0.05) is 38.5 Å². The quantitative estimate of drug-likeness (QED) is 0.906. The highest BCUT2D eigenvalue weighted by Gasteiger charge is 2.21. The smallest absolute Gasteiger partial charge is 0.262 e. The van der Waals surface area contributed by atoms with Crippen LogP contribution in [0.5, 0.6) is 0 Å². The first kappa shape index (κ1) is 16.2. The largest absolute Gasteiger partial charge is 0.322 e. The molecule has 22 heavy (non-hydrogen) atoms. The lowest BCUT2D eigenvalue weighted by molar-refractivity contribution is 0.102. The number of hydrogen-bond donors (Lipinski definition) is 1. The molecule has 0 aliphatic rings. The van der Waals surface area contributed by atoms with E-state index >= 15 is 0 Å². The van der Waals surface area contributed by atoms with E-state index in [9.17, 15) is 9.18 Å². The maximum Gasteiger partial charge on any atom is 0.262 e. The number of amides is 1. The van der Waals surface area contributed by atoms with E-state index in [0.717, 1.165) is 28.8 Å². The summed E-state index contributed by atoms with van der Waals surface area (Å²) in [5, 5.41) is 6.77. The topological polar surface area (TPSA) is 46.9 Å². The molecule has 2 rings (SSSR count). The van der Waals surface area contributed by atoms with Gasteiger partial charge < -0.3 is 5.32 Å². The molecule has 1 unspecified atom stereocenters. The molecule has 1 heterocycles. The fourth-order valence-electron chi connectivity index (χ4n) is 2.70. The number of halogens is 1. The molecule has 1 N–H and O–H groups in total. The number of rotatable bonds is 5. The van der Waals surface area contributed by atoms with Gasteiger partial charge in [-0.15, -0.1) is 0 Å². The summed E-state index contributed by atoms with van der Waals surface area (Å²) in [5.74, 6) is -0.741. The predicted octanol–water partition coefficient (Wildman–Crippen LogP) is 4.02. The Morgan fingerprint density at radius 1 is 1.41 bits per heavy atom. The Morgan fingerprint density at radius 3 is 2.68 bits per heavy atom. The monoisotopic (exact) mass is 303 g/mol. The van der Waals surface area contributed by atoms with Crippen molar-refractivity contribution in [2.24, 2.45) is 7.05 Å². The molecule has 0 radical (unpaired) electrons. The summed E-state index contributed by atoms with van der Waals surface area (Å²) < 4.78 is 15.1. The molecule has 1 aromatic heterocycles. The zero-order chi connectivity index (χ0) is 16.3. The second-order valence-corrected chi connectivity index (χ2v) is 5.61. The van der Waals surface area contributed by atoms with E-state index in [1.165, 1.54) is 7.05 Å². The van der Waals surface area contributed by atoms with Crippen LogP contribution in [0, 0.1) is 12.9 Å². The Balaban J connectivity index is 2.29. The van der Waals surface area contributed by atoms with Gasteiger partial charge in [0, 0.05) is 12.7 Å². The van der Waals surface area contributed by atoms with Crippen molar-refractivity contribution in [3.63, 3.8) is 0 Å². The fourth-order valence-corrected chi connectivity index (χ4v) is 2.70. The SMILES string of the molecule is CCCC(C)c1ccccc1NC(=O)c1c(C)nn(C)c1F. The van der Waals surface area contributed by atoms with Crippen LogP contribution in [0.2, 0.25) is 0 Å². The molecule has 0 saturated heterocycles. The minimum atomic E-state index is -0.617. The van der Waals surface area contributed by atoms with Gasteiger partial charge in [-0.05, 0) is 30.9 Å². The molecule has 1 amide bonds. The number of aryl methyl sites for hydroxylation is 2. The van der Waals surface area contributed by atoms with Crippen molar-refractivity contribution in [2.45, 2.75) is 39.5 Å². The fraction of sp³-hybridized carbons (Fsp3) is 0.412. The molecular weight excluding hydrogens is 281 g/mol. The first-order chi connectivity index (χ1) is 10.5. The number of carbonyl (C=O) groups excluding carboxylic acids is 1. The zero-order valence-electron chi connectivity index (χ0n) is 13.5. The first-order valence-corrected chi connectivity index (χ1v) is 7.55. The number of para-hydroxylation sites is 1. The standard InChI is InChI=1S/C17H22FN3O/c1-5-8-11(2)13-9-6-7-10-14(13)19-17(22)15-12(3)20-21(4)16(15)18/h6-7,9-11H,5,8H2,1-4H3,(H,19,22). The summed E-state index contributed by atoms with van der Waals surface area (Å²) >= 11 is 0. The zero-order valence-corrected chi connectivity index (χ0v) is 13.5. The molecule has 5 heteroatoms. The van der Waals surface area contributed by atoms with Gasteiger partial charge in [0.2, 0.25) is 5.95 Å². The van der Waals surface area contributed by atoms with E-state index in [4.69, 9.17) is 0 Å². The third kappa shape index (κ3) is 3.18. The lowest BCUT2D eigenvalue weighted by Gasteiger charge is -2.16. The van der Waals surface area contributed by atoms with Crippen LogP contribution in [-0.2, 0) is 7.05 Å². The lowest BCUT2D eigenvalue weighted by atomic mass is 9.95. The van der Waals surface area contributed by atoms with Crippen molar-refractivity contribution < 1.29 is 9.18 Å². The average Bonchev–Trinajstić information content (AvgIpc) is 2.73. The Hall–Kier alpha value is -2.17. The van der Waals surface area contributed by atoms with Crippen LogP contribution in [-0.4, -0.2) is 15.7 Å². The molecule has 118 valence electrons. The Labute approximate surface area is 130 Å². The Bertz CT molecular complexity index is 679. The van der Waals surface area contributed by atoms with E-state index in [1.54, 1.807) is 6.92 Å². The molecular formula is C17H22FN3O. The lowest BCUT2D eigenvalue weighted by Crippen LogP contribution is -2.16. The van der Waals surface area contributed by atoms with Crippen molar-refractivity contribution in [3.8, 4) is 0 Å². The van der Waals surface area contributed by atoms with Crippen LogP contribution in [0.25, 0.3) is 0 Å². The van der Waals surface area contributed by atoms with Crippen LogP contribution >= 0.6 is 0 Å². The van der Waals surface area contributed by atoms with Gasteiger partial charge in [0.05, 0.1) is 5.69 Å². The number of aromatic nitrogens is 2. The van der Waals surface area contributed by atoms with Crippen molar-refractivity contribution in [3.05, 3.63) is 47.0 Å². The summed E-state index contributed by atoms with van der Waals surface area (Å²) in [6.45, 7) is 5.89. The van der Waals surface area contributed by atoms with Crippen molar-refractivity contribution in [2.75, 3.05) is 5.32 Å². The van der Waals surface area contributed by atoms with Crippen LogP contribution in [0.15, 0.2) is 24.3 Å². The molecule has 0 bridgehead atoms. The molecule has 0 fully saturated rings. The third-order valence-electron chi connectivity index (χ3n) is 3.84. The van der Waals surface area contributed by atoms with E-state index in [0.29, 0.717) is 11.6 Å². The van der Waals surface area contributed by atoms with Gasteiger partial charge in [0.25, 0.3) is 5.91 Å². The van der Waals surface area contributed by atoms with Gasteiger partial charge in [-0.3, -0.25) is 4.79 Å². The normalized spacial score (nSPS) is 12.2. The van der Waals surface area contributed by atoms with Crippen LogP contribution in [0.1, 0.15) is 54.2 Å². The molecule has 0 aliphatic carbocycles. The molecule has 0 saturated carbocycles. The highest BCUT2D eigenvalue weighted by molar-refractivity contribution is 6.05. The minimum absolute atomic E-state index is 0.000414. The van der Waals surface area contributed by atoms with Crippen molar-refractivity contribution in [1.82, 2.24) is 9.78 Å². The highest BCUT2D eigenvalue weighted by atomic mass is 19.1. The highest BCUT2D eigenvalue weighted by Crippen LogP contribution is 2.28. The minimum Gasteiger partial charge on any atom is -0.322 e. The number of anilines is 1. The van der Waals surface area contributed by atoms with Crippen molar-refractivity contribution in [1.29, 1.82) is 0 Å². The predicted molar refractivity (Wildman–Crippen MR) is 85.6 cm³/mol. The molecule has 0 aliphatic heterocycles. The molecule has 1 atom stereocenters. The maximum atomic E-state index is 14.0. The molecule has 1 aromatic carbocycles. The summed E-state index contributed by atoms with van der Waals surface area (Å²) in [5.41, 5.74) is 2.19. The van der Waals surface area contributed by atoms with E-state index in [1.807, 2.05) is 24.3 Å². The number of nitrogens with zero attached hydrogens (tertiary/aromatic N) is 2. The van der Waals surface area contributed by atoms with Crippen molar-refractivity contribution >= 4 is 11.6 Å². The van der Waals surface area contributed by atoms with Gasteiger partial charge in [0.15, 0.2) is 0 Å². The van der Waals surface area contributed by atoms with Gasteiger partial charge >= 0.3 is 0 Å². The Morgan fingerprint density at radius 2 is 2.09 bits per heavy atom. The summed E-state index contributed by atoms with van der Waals surface area (Å²) in [6, 6.07) is 7.67. The van der Waals surface area contributed by atoms with Crippen LogP contribution < -0.4 is 5.32 Å². The number of carbonyl (C=O) groups is 1. The van der Waals surface area contributed by atoms with Crippen LogP contribution in [0.3, 0.4) is 0 Å². The van der Waals surface area contributed by atoms with E-state index < -0.39 is 11.9 Å². The van der Waals surface area contributed by atoms with Gasteiger partial charge in [-0.25, -0.2) is 4.68 Å². The summed E-state index contributed by atoms with van der Waals surface area (Å²) in [7, 11) is 1.48. The second-order valence-electron chi connectivity index (χ2n) is 5.61. The van der Waals surface area contributed by atoms with E-state index in [-0.39, 0.29) is 5.56 Å². The number of hydrogen-bond acceptors (Lipinski definition) is 2. The maximum absolute atomic E-state index is 14.0. The second kappa shape index (κ2) is 6.73. The van der Waals surface area contributed by atoms with E-state index in [2.05, 4.69) is 24.3 Å². The molecule has 4 nitrogen and oxygen atoms in total. The van der Waals surface area contributed by atoms with Gasteiger partial charge in [-0.2, -0.15) is 9.49 Å². The van der Waals surface area contributed by atoms with Crippen LogP contribution in [0.4, 0.5) is 10.1 Å². The first-order valence-electron chi connectivity index (χ1n) is 7.55. The van der Waals surface area contributed by atoms with Gasteiger partial charge in [0.1, 0.15) is 5.56 Å². The average molecular weight is 303 g/mol. The summed E-state index contributed by atoms with van der Waals surface area (Å²) in [6.07, 6.45) is 2.10.